The van der Waals surface area contributed by atoms with Crippen LogP contribution < -0.4 is 9.64 Å². The van der Waals surface area contributed by atoms with E-state index >= 15 is 0 Å². The van der Waals surface area contributed by atoms with E-state index in [0.29, 0.717) is 23.3 Å². The van der Waals surface area contributed by atoms with Gasteiger partial charge in [-0.15, -0.1) is 0 Å². The second kappa shape index (κ2) is 11.3. The van der Waals surface area contributed by atoms with Crippen LogP contribution in [0.5, 0.6) is 5.75 Å². The summed E-state index contributed by atoms with van der Waals surface area (Å²) in [6.45, 7) is 3.74. The molecule has 0 spiro atoms. The molecule has 0 fully saturated rings. The lowest BCUT2D eigenvalue weighted by atomic mass is 10.3. The molecule has 3 aromatic rings. The second-order valence-corrected chi connectivity index (χ2v) is 11.3. The number of carbonyl (C=O) groups excluding carboxylic acids is 1. The van der Waals surface area contributed by atoms with Gasteiger partial charge in [-0.1, -0.05) is 22.9 Å². The van der Waals surface area contributed by atoms with Gasteiger partial charge < -0.3 is 9.64 Å². The zero-order valence-corrected chi connectivity index (χ0v) is 21.3. The van der Waals surface area contributed by atoms with Crippen molar-refractivity contribution in [3.63, 3.8) is 0 Å². The summed E-state index contributed by atoms with van der Waals surface area (Å²) in [6, 6.07) is 11.6. The third-order valence-corrected chi connectivity index (χ3v) is 7.96. The van der Waals surface area contributed by atoms with E-state index in [1.54, 1.807) is 4.90 Å². The van der Waals surface area contributed by atoms with E-state index in [-0.39, 0.29) is 23.0 Å². The van der Waals surface area contributed by atoms with Crippen LogP contribution in [-0.4, -0.2) is 63.8 Å². The lowest BCUT2D eigenvalue weighted by molar-refractivity contribution is -0.118. The average Bonchev–Trinajstić information content (AvgIpc) is 3.18. The van der Waals surface area contributed by atoms with Crippen molar-refractivity contribution in [2.24, 2.45) is 0 Å². The summed E-state index contributed by atoms with van der Waals surface area (Å²) in [5.74, 6) is 0.201. The Kier molecular flexibility index (Phi) is 8.69. The van der Waals surface area contributed by atoms with Crippen molar-refractivity contribution < 1.29 is 17.9 Å². The Morgan fingerprint density at radius 1 is 1.12 bits per heavy atom. The van der Waals surface area contributed by atoms with Crippen molar-refractivity contribution in [2.45, 2.75) is 24.7 Å². The molecule has 2 aromatic carbocycles. The number of carbonyl (C=O) groups is 1. The molecule has 33 heavy (non-hydrogen) atoms. The number of hydrogen-bond acceptors (Lipinski definition) is 7. The third-order valence-electron chi connectivity index (χ3n) is 4.94. The molecule has 10 heteroatoms. The molecule has 0 aliphatic carbocycles. The molecule has 0 aliphatic heterocycles. The molecule has 0 bridgehead atoms. The van der Waals surface area contributed by atoms with Crippen molar-refractivity contribution in [1.82, 2.24) is 9.88 Å². The van der Waals surface area contributed by atoms with Crippen LogP contribution in [0.25, 0.3) is 10.2 Å². The van der Waals surface area contributed by atoms with Gasteiger partial charge in [-0.3, -0.25) is 9.69 Å². The number of amides is 1. The van der Waals surface area contributed by atoms with Crippen LogP contribution in [-0.2, 0) is 14.6 Å². The van der Waals surface area contributed by atoms with Gasteiger partial charge in [0.05, 0.1) is 27.5 Å². The lowest BCUT2D eigenvalue weighted by Crippen LogP contribution is -2.34. The molecule has 0 saturated heterocycles. The predicted molar refractivity (Wildman–Crippen MR) is 134 cm³/mol. The molecule has 1 heterocycles. The molecule has 0 radical (unpaired) electrons. The first-order chi connectivity index (χ1) is 15.7. The maximum Gasteiger partial charge on any atom is 0.229 e. The predicted octanol–water partition coefficient (Wildman–Crippen LogP) is 4.50. The van der Waals surface area contributed by atoms with Crippen molar-refractivity contribution in [3.8, 4) is 5.75 Å². The molecule has 0 unspecified atom stereocenters. The van der Waals surface area contributed by atoms with Gasteiger partial charge in [0.1, 0.15) is 5.75 Å². The molecule has 1 amide bonds. The van der Waals surface area contributed by atoms with Gasteiger partial charge in [0, 0.05) is 18.0 Å². The topological polar surface area (TPSA) is 79.8 Å². The van der Waals surface area contributed by atoms with Gasteiger partial charge in [-0.2, -0.15) is 0 Å². The highest BCUT2D eigenvalue weighted by Gasteiger charge is 2.23. The van der Waals surface area contributed by atoms with Gasteiger partial charge in [0.2, 0.25) is 5.91 Å². The number of benzene rings is 2. The number of ether oxygens (including phenoxy) is 1. The normalized spacial score (nSPS) is 11.8. The highest BCUT2D eigenvalue weighted by molar-refractivity contribution is 7.91. The zero-order valence-electron chi connectivity index (χ0n) is 19.0. The summed E-state index contributed by atoms with van der Waals surface area (Å²) in [6.07, 6.45) is 0.607. The third kappa shape index (κ3) is 6.89. The van der Waals surface area contributed by atoms with Crippen LogP contribution in [0.2, 0.25) is 5.02 Å². The maximum atomic E-state index is 13.2. The van der Waals surface area contributed by atoms with Crippen molar-refractivity contribution in [3.05, 3.63) is 47.5 Å². The minimum absolute atomic E-state index is 0.132. The number of aromatic nitrogens is 1. The Bertz CT molecular complexity index is 1190. The number of rotatable bonds is 11. The molecule has 0 saturated carbocycles. The fourth-order valence-corrected chi connectivity index (χ4v) is 5.65. The standard InChI is InChI=1S/C23H28ClN3O4S2/c1-4-31-18-8-11-20-21(16-18)32-23(25-20)27(14-5-13-26(2)3)22(28)12-15-33(29,30)19-9-6-17(24)7-10-19/h6-11,16H,4-5,12-15H2,1-3H3. The van der Waals surface area contributed by atoms with E-state index < -0.39 is 9.84 Å². The van der Waals surface area contributed by atoms with E-state index in [9.17, 15) is 13.2 Å². The summed E-state index contributed by atoms with van der Waals surface area (Å²) in [4.78, 5) is 21.6. The van der Waals surface area contributed by atoms with E-state index in [1.807, 2.05) is 44.1 Å². The molecule has 0 atom stereocenters. The highest BCUT2D eigenvalue weighted by atomic mass is 35.5. The molecule has 1 aromatic heterocycles. The summed E-state index contributed by atoms with van der Waals surface area (Å²) in [5, 5.41) is 1.02. The Labute approximate surface area is 203 Å². The van der Waals surface area contributed by atoms with Crippen molar-refractivity contribution in [1.29, 1.82) is 0 Å². The number of anilines is 1. The SMILES string of the molecule is CCOc1ccc2nc(N(CCCN(C)C)C(=O)CCS(=O)(=O)c3ccc(Cl)cc3)sc2c1. The first kappa shape index (κ1) is 25.4. The van der Waals surface area contributed by atoms with E-state index in [1.165, 1.54) is 35.6 Å². The monoisotopic (exact) mass is 509 g/mol. The zero-order chi connectivity index (χ0) is 24.0. The molecule has 7 nitrogen and oxygen atoms in total. The Morgan fingerprint density at radius 2 is 1.85 bits per heavy atom. The maximum absolute atomic E-state index is 13.2. The molecular formula is C23H28ClN3O4S2. The molecule has 0 aliphatic rings. The first-order valence-corrected chi connectivity index (χ1v) is 13.5. The number of fused-ring (bicyclic) bond motifs is 1. The molecule has 178 valence electrons. The van der Waals surface area contributed by atoms with E-state index in [0.717, 1.165) is 28.9 Å². The Morgan fingerprint density at radius 3 is 2.52 bits per heavy atom. The second-order valence-electron chi connectivity index (χ2n) is 7.78. The summed E-state index contributed by atoms with van der Waals surface area (Å²) in [7, 11) is 0.334. The van der Waals surface area contributed by atoms with Gasteiger partial charge in [-0.25, -0.2) is 13.4 Å². The van der Waals surface area contributed by atoms with Crippen LogP contribution in [0.15, 0.2) is 47.4 Å². The Hall–Kier alpha value is -2.20. The quantitative estimate of drug-likeness (QED) is 0.378. The van der Waals surface area contributed by atoms with Gasteiger partial charge >= 0.3 is 0 Å². The van der Waals surface area contributed by atoms with E-state index in [2.05, 4.69) is 4.98 Å². The Balaban J connectivity index is 1.80. The fourth-order valence-electron chi connectivity index (χ4n) is 3.25. The molecule has 0 N–H and O–H groups in total. The highest BCUT2D eigenvalue weighted by Crippen LogP contribution is 2.32. The average molecular weight is 510 g/mol. The number of hydrogen-bond donors (Lipinski definition) is 0. The molecular weight excluding hydrogens is 482 g/mol. The summed E-state index contributed by atoms with van der Waals surface area (Å²) in [5.41, 5.74) is 0.776. The lowest BCUT2D eigenvalue weighted by Gasteiger charge is -2.21. The summed E-state index contributed by atoms with van der Waals surface area (Å²) < 4.78 is 31.9. The van der Waals surface area contributed by atoms with Crippen LogP contribution in [0.4, 0.5) is 5.13 Å². The number of sulfone groups is 1. The fraction of sp³-hybridized carbons (Fsp3) is 0.391. The number of halogens is 1. The van der Waals surface area contributed by atoms with Crippen LogP contribution in [0, 0.1) is 0 Å². The van der Waals surface area contributed by atoms with Crippen LogP contribution >= 0.6 is 22.9 Å². The van der Waals surface area contributed by atoms with Crippen molar-refractivity contribution >= 4 is 54.0 Å². The van der Waals surface area contributed by atoms with Crippen LogP contribution in [0.3, 0.4) is 0 Å². The first-order valence-electron chi connectivity index (χ1n) is 10.7. The van der Waals surface area contributed by atoms with Gasteiger partial charge in [0.25, 0.3) is 0 Å². The van der Waals surface area contributed by atoms with Crippen LogP contribution in [0.1, 0.15) is 19.8 Å². The largest absolute Gasteiger partial charge is 0.494 e. The van der Waals surface area contributed by atoms with Gasteiger partial charge in [-0.05, 0) is 76.4 Å². The molecule has 3 rings (SSSR count). The minimum Gasteiger partial charge on any atom is -0.494 e. The van der Waals surface area contributed by atoms with Gasteiger partial charge in [0.15, 0.2) is 15.0 Å². The minimum atomic E-state index is -3.61. The van der Waals surface area contributed by atoms with E-state index in [4.69, 9.17) is 16.3 Å². The van der Waals surface area contributed by atoms with Crippen molar-refractivity contribution in [2.75, 3.05) is 44.4 Å². The smallest absolute Gasteiger partial charge is 0.229 e. The number of thiazole rings is 1. The number of nitrogens with zero attached hydrogens (tertiary/aromatic N) is 3. The summed E-state index contributed by atoms with van der Waals surface area (Å²) >= 11 is 7.26.